The van der Waals surface area contributed by atoms with Crippen molar-refractivity contribution in [1.82, 2.24) is 25.1 Å². The van der Waals surface area contributed by atoms with Crippen LogP contribution in [0.3, 0.4) is 0 Å². The Hall–Kier alpha value is -3.52. The monoisotopic (exact) mass is 463 g/mol. The van der Waals surface area contributed by atoms with Crippen molar-refractivity contribution in [2.24, 2.45) is 0 Å². The highest BCUT2D eigenvalue weighted by atomic mass is 79.9. The number of nitrogens with zero attached hydrogens (tertiary/aromatic N) is 3. The van der Waals surface area contributed by atoms with E-state index < -0.39 is 0 Å². The van der Waals surface area contributed by atoms with E-state index in [0.29, 0.717) is 21.1 Å². The van der Waals surface area contributed by atoms with Gasteiger partial charge in [-0.2, -0.15) is 5.10 Å². The number of aromatic amines is 1. The van der Waals surface area contributed by atoms with Crippen molar-refractivity contribution in [3.8, 4) is 5.82 Å². The number of aromatic nitrogens is 4. The van der Waals surface area contributed by atoms with Gasteiger partial charge < -0.3 is 5.32 Å². The number of hydrogen-bond acceptors (Lipinski definition) is 3. The lowest BCUT2D eigenvalue weighted by Gasteiger charge is -2.07. The Morgan fingerprint density at radius 1 is 1.13 bits per heavy atom. The third kappa shape index (κ3) is 3.25. The summed E-state index contributed by atoms with van der Waals surface area (Å²) < 4.78 is 16.5. The molecule has 0 atom stereocenters. The second kappa shape index (κ2) is 7.38. The highest BCUT2D eigenvalue weighted by Crippen LogP contribution is 2.24. The Morgan fingerprint density at radius 2 is 2.00 bits per heavy atom. The Morgan fingerprint density at radius 3 is 2.87 bits per heavy atom. The van der Waals surface area contributed by atoms with Crippen molar-refractivity contribution in [3.63, 3.8) is 0 Å². The number of amides is 1. The fourth-order valence-corrected chi connectivity index (χ4v) is 3.73. The van der Waals surface area contributed by atoms with Crippen molar-refractivity contribution in [3.05, 3.63) is 88.4 Å². The molecule has 0 fully saturated rings. The van der Waals surface area contributed by atoms with Gasteiger partial charge in [-0.1, -0.05) is 34.1 Å². The number of halogens is 2. The molecule has 5 aromatic rings. The molecule has 0 unspecified atom stereocenters. The third-order valence-corrected chi connectivity index (χ3v) is 5.44. The summed E-state index contributed by atoms with van der Waals surface area (Å²) in [4.78, 5) is 17.0. The van der Waals surface area contributed by atoms with E-state index in [-0.39, 0.29) is 18.3 Å². The van der Waals surface area contributed by atoms with Crippen LogP contribution in [0.15, 0.2) is 71.5 Å². The van der Waals surface area contributed by atoms with Crippen LogP contribution in [0.5, 0.6) is 0 Å². The van der Waals surface area contributed by atoms with Gasteiger partial charge in [0.15, 0.2) is 5.82 Å². The molecule has 2 aromatic heterocycles. The van der Waals surface area contributed by atoms with Crippen molar-refractivity contribution >= 4 is 43.8 Å². The zero-order chi connectivity index (χ0) is 20.7. The van der Waals surface area contributed by atoms with Crippen LogP contribution in [0.4, 0.5) is 4.39 Å². The molecule has 0 saturated carbocycles. The molecule has 2 heterocycles. The molecular formula is C22H15BrFN5O. The number of para-hydroxylation sites is 1. The average molecular weight is 464 g/mol. The maximum absolute atomic E-state index is 14.0. The SMILES string of the molecule is O=C(NCc1ccc(Br)cc1F)c1ccc2c(c1)ncn2-c1n[nH]c2ccccc12. The summed E-state index contributed by atoms with van der Waals surface area (Å²) in [6.45, 7) is 0.101. The fraction of sp³-hybridized carbons (Fsp3) is 0.0455. The molecular weight excluding hydrogens is 449 g/mol. The number of benzene rings is 3. The number of nitrogens with one attached hydrogen (secondary N) is 2. The summed E-state index contributed by atoms with van der Waals surface area (Å²) in [6, 6.07) is 17.9. The predicted molar refractivity (Wildman–Crippen MR) is 116 cm³/mol. The zero-order valence-electron chi connectivity index (χ0n) is 15.6. The molecule has 0 aliphatic carbocycles. The zero-order valence-corrected chi connectivity index (χ0v) is 17.1. The summed E-state index contributed by atoms with van der Waals surface area (Å²) >= 11 is 3.22. The molecule has 0 aliphatic rings. The fourth-order valence-electron chi connectivity index (χ4n) is 3.40. The molecule has 148 valence electrons. The van der Waals surface area contributed by atoms with Gasteiger partial charge in [-0.15, -0.1) is 0 Å². The van der Waals surface area contributed by atoms with Crippen LogP contribution in [0.1, 0.15) is 15.9 Å². The van der Waals surface area contributed by atoms with Gasteiger partial charge in [0, 0.05) is 27.5 Å². The quantitative estimate of drug-likeness (QED) is 0.404. The van der Waals surface area contributed by atoms with Crippen LogP contribution in [0.25, 0.3) is 27.8 Å². The van der Waals surface area contributed by atoms with Crippen molar-refractivity contribution < 1.29 is 9.18 Å². The number of fused-ring (bicyclic) bond motifs is 2. The van der Waals surface area contributed by atoms with Crippen LogP contribution >= 0.6 is 15.9 Å². The van der Waals surface area contributed by atoms with Crippen LogP contribution in [-0.2, 0) is 6.54 Å². The van der Waals surface area contributed by atoms with Crippen LogP contribution < -0.4 is 5.32 Å². The Bertz CT molecular complexity index is 1410. The second-order valence-corrected chi connectivity index (χ2v) is 7.74. The molecule has 2 N–H and O–H groups in total. The van der Waals surface area contributed by atoms with E-state index in [0.717, 1.165) is 22.2 Å². The molecule has 0 radical (unpaired) electrons. The lowest BCUT2D eigenvalue weighted by atomic mass is 10.1. The number of H-pyrrole nitrogens is 1. The van der Waals surface area contributed by atoms with Gasteiger partial charge in [-0.25, -0.2) is 9.37 Å². The molecule has 6 nitrogen and oxygen atoms in total. The molecule has 0 bridgehead atoms. The van der Waals surface area contributed by atoms with Gasteiger partial charge in [0.2, 0.25) is 0 Å². The minimum Gasteiger partial charge on any atom is -0.348 e. The maximum atomic E-state index is 14.0. The number of rotatable bonds is 4. The summed E-state index contributed by atoms with van der Waals surface area (Å²) in [6.07, 6.45) is 1.69. The second-order valence-electron chi connectivity index (χ2n) is 6.83. The molecule has 0 spiro atoms. The molecule has 3 aromatic carbocycles. The predicted octanol–water partition coefficient (Wildman–Crippen LogP) is 4.73. The van der Waals surface area contributed by atoms with E-state index in [4.69, 9.17) is 0 Å². The first kappa shape index (κ1) is 18.5. The van der Waals surface area contributed by atoms with Gasteiger partial charge >= 0.3 is 0 Å². The summed E-state index contributed by atoms with van der Waals surface area (Å²) in [5.41, 5.74) is 3.32. The van der Waals surface area contributed by atoms with E-state index in [1.54, 1.807) is 30.6 Å². The standard InChI is InChI=1S/C22H15BrFN5O/c23-15-7-5-14(17(24)10-15)11-25-22(30)13-6-8-20-19(9-13)26-12-29(20)21-16-3-1-2-4-18(16)27-28-21/h1-10,12H,11H2,(H,25,30)(H,27,28). The highest BCUT2D eigenvalue weighted by Gasteiger charge is 2.14. The molecule has 1 amide bonds. The Kier molecular flexibility index (Phi) is 4.55. The minimum absolute atomic E-state index is 0.101. The van der Waals surface area contributed by atoms with Crippen molar-refractivity contribution in [1.29, 1.82) is 0 Å². The lowest BCUT2D eigenvalue weighted by molar-refractivity contribution is 0.0950. The van der Waals surface area contributed by atoms with Gasteiger partial charge in [-0.3, -0.25) is 14.5 Å². The lowest BCUT2D eigenvalue weighted by Crippen LogP contribution is -2.23. The summed E-state index contributed by atoms with van der Waals surface area (Å²) in [5.74, 6) is 0.0834. The van der Waals surface area contributed by atoms with Crippen LogP contribution in [0.2, 0.25) is 0 Å². The van der Waals surface area contributed by atoms with Crippen molar-refractivity contribution in [2.75, 3.05) is 0 Å². The van der Waals surface area contributed by atoms with Crippen molar-refractivity contribution in [2.45, 2.75) is 6.54 Å². The minimum atomic E-state index is -0.370. The van der Waals surface area contributed by atoms with Crippen LogP contribution in [0, 0.1) is 5.82 Å². The Labute approximate surface area is 178 Å². The highest BCUT2D eigenvalue weighted by molar-refractivity contribution is 9.10. The third-order valence-electron chi connectivity index (χ3n) is 4.94. The van der Waals surface area contributed by atoms with Gasteiger partial charge in [0.1, 0.15) is 12.1 Å². The van der Waals surface area contributed by atoms with E-state index in [1.807, 2.05) is 34.9 Å². The first-order valence-electron chi connectivity index (χ1n) is 9.23. The molecule has 30 heavy (non-hydrogen) atoms. The molecule has 5 rings (SSSR count). The number of hydrogen-bond donors (Lipinski definition) is 2. The molecule has 0 aliphatic heterocycles. The summed E-state index contributed by atoms with van der Waals surface area (Å²) in [7, 11) is 0. The number of carbonyl (C=O) groups excluding carboxylic acids is 1. The summed E-state index contributed by atoms with van der Waals surface area (Å²) in [5, 5.41) is 11.2. The Balaban J connectivity index is 1.41. The number of imidazole rings is 1. The van der Waals surface area contributed by atoms with E-state index >= 15 is 0 Å². The first-order valence-corrected chi connectivity index (χ1v) is 10.0. The largest absolute Gasteiger partial charge is 0.348 e. The molecule has 8 heteroatoms. The average Bonchev–Trinajstić information content (AvgIpc) is 3.36. The smallest absolute Gasteiger partial charge is 0.251 e. The normalized spacial score (nSPS) is 11.3. The van der Waals surface area contributed by atoms with E-state index in [2.05, 4.69) is 36.4 Å². The van der Waals surface area contributed by atoms with Gasteiger partial charge in [0.25, 0.3) is 5.91 Å². The van der Waals surface area contributed by atoms with Crippen LogP contribution in [-0.4, -0.2) is 25.7 Å². The van der Waals surface area contributed by atoms with E-state index in [9.17, 15) is 9.18 Å². The number of carbonyl (C=O) groups is 1. The van der Waals surface area contributed by atoms with Gasteiger partial charge in [-0.05, 0) is 42.5 Å². The topological polar surface area (TPSA) is 75.6 Å². The van der Waals surface area contributed by atoms with E-state index in [1.165, 1.54) is 6.07 Å². The first-order chi connectivity index (χ1) is 14.6. The maximum Gasteiger partial charge on any atom is 0.251 e. The van der Waals surface area contributed by atoms with Gasteiger partial charge in [0.05, 0.1) is 16.6 Å². The molecule has 0 saturated heterocycles.